The highest BCUT2D eigenvalue weighted by atomic mass is 19.4. The fourth-order valence-electron chi connectivity index (χ4n) is 2.13. The summed E-state index contributed by atoms with van der Waals surface area (Å²) in [5, 5.41) is 5.17. The maximum atomic E-state index is 12.5. The summed E-state index contributed by atoms with van der Waals surface area (Å²) < 4.78 is 42.8. The topological polar surface area (TPSA) is 57.5 Å². The minimum atomic E-state index is -4.40. The summed E-state index contributed by atoms with van der Waals surface area (Å²) in [5.74, 6) is 0.704. The number of urea groups is 1. The Morgan fingerprint density at radius 1 is 1.21 bits per heavy atom. The third-order valence-electron chi connectivity index (χ3n) is 3.42. The van der Waals surface area contributed by atoms with E-state index in [1.54, 1.807) is 18.4 Å². The summed E-state index contributed by atoms with van der Waals surface area (Å²) >= 11 is 0. The second-order valence-corrected chi connectivity index (χ2v) is 5.40. The van der Waals surface area contributed by atoms with Crippen LogP contribution in [0, 0.1) is 0 Å². The summed E-state index contributed by atoms with van der Waals surface area (Å²) in [4.78, 5) is 13.8. The van der Waals surface area contributed by atoms with Gasteiger partial charge in [-0.2, -0.15) is 13.2 Å². The van der Waals surface area contributed by atoms with E-state index < -0.39 is 17.8 Å². The molecule has 0 saturated carbocycles. The molecule has 0 bridgehead atoms. The summed E-state index contributed by atoms with van der Waals surface area (Å²) in [6.45, 7) is 0.285. The first-order valence-electron chi connectivity index (χ1n) is 7.19. The van der Waals surface area contributed by atoms with Crippen molar-refractivity contribution in [3.63, 3.8) is 0 Å². The zero-order chi connectivity index (χ0) is 17.7. The Morgan fingerprint density at radius 2 is 1.88 bits per heavy atom. The van der Waals surface area contributed by atoms with Crippen LogP contribution in [-0.2, 0) is 6.18 Å². The molecule has 1 aromatic carbocycles. The van der Waals surface area contributed by atoms with Crippen LogP contribution in [0.4, 0.5) is 23.7 Å². The average molecular weight is 341 g/mol. The highest BCUT2D eigenvalue weighted by molar-refractivity contribution is 5.89. The summed E-state index contributed by atoms with van der Waals surface area (Å²) in [7, 11) is 3.70. The molecule has 0 aliphatic heterocycles. The molecule has 2 aromatic rings. The van der Waals surface area contributed by atoms with Crippen LogP contribution in [-0.4, -0.2) is 31.6 Å². The van der Waals surface area contributed by atoms with Gasteiger partial charge in [-0.1, -0.05) is 0 Å². The Hall–Kier alpha value is -2.48. The second-order valence-electron chi connectivity index (χ2n) is 5.40. The molecule has 2 rings (SSSR count). The number of nitrogens with one attached hydrogen (secondary N) is 2. The van der Waals surface area contributed by atoms with Crippen LogP contribution < -0.4 is 10.6 Å². The number of amides is 2. The van der Waals surface area contributed by atoms with Gasteiger partial charge in [0.05, 0.1) is 17.9 Å². The maximum absolute atomic E-state index is 12.5. The normalized spacial score (nSPS) is 12.9. The second kappa shape index (κ2) is 7.39. The number of hydrogen-bond donors (Lipinski definition) is 2. The van der Waals surface area contributed by atoms with Crippen molar-refractivity contribution in [1.82, 2.24) is 10.2 Å². The number of anilines is 1. The molecule has 0 radical (unpaired) electrons. The number of benzene rings is 1. The van der Waals surface area contributed by atoms with E-state index in [-0.39, 0.29) is 18.3 Å². The monoisotopic (exact) mass is 341 g/mol. The van der Waals surface area contributed by atoms with Crippen molar-refractivity contribution in [2.75, 3.05) is 26.0 Å². The molecule has 24 heavy (non-hydrogen) atoms. The predicted molar refractivity (Wildman–Crippen MR) is 83.6 cm³/mol. The summed E-state index contributed by atoms with van der Waals surface area (Å²) in [5.41, 5.74) is -0.487. The van der Waals surface area contributed by atoms with Crippen molar-refractivity contribution >= 4 is 11.7 Å². The highest BCUT2D eigenvalue weighted by Gasteiger charge is 2.30. The van der Waals surface area contributed by atoms with Gasteiger partial charge >= 0.3 is 12.2 Å². The number of carbonyl (C=O) groups is 1. The standard InChI is InChI=1S/C16H18F3N3O2/c1-22(2)13(14-4-3-9-24-14)10-20-15(23)21-12-7-5-11(6-8-12)16(17,18)19/h3-9,13H,10H2,1-2H3,(H2,20,21,23). The van der Waals surface area contributed by atoms with Gasteiger partial charge in [0.2, 0.25) is 0 Å². The van der Waals surface area contributed by atoms with Gasteiger partial charge in [-0.05, 0) is 50.5 Å². The van der Waals surface area contributed by atoms with Gasteiger partial charge in [-0.15, -0.1) is 0 Å². The molecule has 2 N–H and O–H groups in total. The van der Waals surface area contributed by atoms with E-state index in [0.29, 0.717) is 5.76 Å². The van der Waals surface area contributed by atoms with Crippen LogP contribution in [0.1, 0.15) is 17.4 Å². The number of furan rings is 1. The molecule has 0 aliphatic carbocycles. The van der Waals surface area contributed by atoms with Crippen LogP contribution >= 0.6 is 0 Å². The predicted octanol–water partition coefficient (Wildman–Crippen LogP) is 3.72. The number of halogens is 3. The molecule has 1 heterocycles. The number of alkyl halides is 3. The lowest BCUT2D eigenvalue weighted by molar-refractivity contribution is -0.137. The van der Waals surface area contributed by atoms with E-state index in [0.717, 1.165) is 12.1 Å². The Bertz CT molecular complexity index is 652. The molecule has 2 amide bonds. The minimum Gasteiger partial charge on any atom is -0.468 e. The number of nitrogens with zero attached hydrogens (tertiary/aromatic N) is 1. The molecule has 0 saturated heterocycles. The lowest BCUT2D eigenvalue weighted by Gasteiger charge is -2.22. The molecule has 0 fully saturated rings. The molecule has 130 valence electrons. The highest BCUT2D eigenvalue weighted by Crippen LogP contribution is 2.29. The van der Waals surface area contributed by atoms with Gasteiger partial charge in [0, 0.05) is 12.2 Å². The van der Waals surface area contributed by atoms with Crippen molar-refractivity contribution in [2.24, 2.45) is 0 Å². The summed E-state index contributed by atoms with van der Waals surface area (Å²) in [6.07, 6.45) is -2.85. The molecule has 0 spiro atoms. The van der Waals surface area contributed by atoms with Gasteiger partial charge in [0.25, 0.3) is 0 Å². The van der Waals surface area contributed by atoms with Crippen molar-refractivity contribution in [2.45, 2.75) is 12.2 Å². The van der Waals surface area contributed by atoms with E-state index in [1.165, 1.54) is 12.1 Å². The van der Waals surface area contributed by atoms with Crippen molar-refractivity contribution < 1.29 is 22.4 Å². The van der Waals surface area contributed by atoms with Gasteiger partial charge in [0.15, 0.2) is 0 Å². The average Bonchev–Trinajstić information content (AvgIpc) is 3.00. The molecular weight excluding hydrogens is 323 g/mol. The number of likely N-dealkylation sites (N-methyl/N-ethyl adjacent to an activating group) is 1. The molecule has 1 aromatic heterocycles. The van der Waals surface area contributed by atoms with Gasteiger partial charge in [-0.25, -0.2) is 4.79 Å². The van der Waals surface area contributed by atoms with Crippen molar-refractivity contribution in [3.8, 4) is 0 Å². The van der Waals surface area contributed by atoms with E-state index >= 15 is 0 Å². The van der Waals surface area contributed by atoms with E-state index in [9.17, 15) is 18.0 Å². The number of hydrogen-bond acceptors (Lipinski definition) is 3. The Morgan fingerprint density at radius 3 is 2.38 bits per heavy atom. The number of carbonyl (C=O) groups excluding carboxylic acids is 1. The number of rotatable bonds is 5. The van der Waals surface area contributed by atoms with E-state index in [2.05, 4.69) is 10.6 Å². The van der Waals surface area contributed by atoms with Crippen LogP contribution in [0.15, 0.2) is 47.1 Å². The largest absolute Gasteiger partial charge is 0.468 e. The fraction of sp³-hybridized carbons (Fsp3) is 0.312. The molecular formula is C16H18F3N3O2. The van der Waals surface area contributed by atoms with Gasteiger partial charge in [0.1, 0.15) is 5.76 Å². The first-order chi connectivity index (χ1) is 11.3. The minimum absolute atomic E-state index is 0.154. The van der Waals surface area contributed by atoms with Crippen LogP contribution in [0.2, 0.25) is 0 Å². The van der Waals surface area contributed by atoms with Crippen molar-refractivity contribution in [3.05, 3.63) is 54.0 Å². The van der Waals surface area contributed by atoms with Crippen LogP contribution in [0.5, 0.6) is 0 Å². The van der Waals surface area contributed by atoms with Gasteiger partial charge < -0.3 is 15.1 Å². The molecule has 0 aliphatic rings. The van der Waals surface area contributed by atoms with Crippen LogP contribution in [0.3, 0.4) is 0 Å². The molecule has 8 heteroatoms. The smallest absolute Gasteiger partial charge is 0.416 e. The maximum Gasteiger partial charge on any atom is 0.416 e. The first-order valence-corrected chi connectivity index (χ1v) is 7.19. The SMILES string of the molecule is CN(C)C(CNC(=O)Nc1ccc(C(F)(F)F)cc1)c1ccco1. The van der Waals surface area contributed by atoms with Crippen molar-refractivity contribution in [1.29, 1.82) is 0 Å². The zero-order valence-corrected chi connectivity index (χ0v) is 13.2. The van der Waals surface area contributed by atoms with Crippen LogP contribution in [0.25, 0.3) is 0 Å². The first kappa shape index (κ1) is 17.9. The van der Waals surface area contributed by atoms with E-state index in [4.69, 9.17) is 4.42 Å². The Kier molecular flexibility index (Phi) is 5.50. The molecule has 1 atom stereocenters. The fourth-order valence-corrected chi connectivity index (χ4v) is 2.13. The third kappa shape index (κ3) is 4.76. The molecule has 1 unspecified atom stereocenters. The van der Waals surface area contributed by atoms with E-state index in [1.807, 2.05) is 19.0 Å². The van der Waals surface area contributed by atoms with Gasteiger partial charge in [-0.3, -0.25) is 4.90 Å². The third-order valence-corrected chi connectivity index (χ3v) is 3.42. The lowest BCUT2D eigenvalue weighted by Crippen LogP contribution is -2.36. The lowest BCUT2D eigenvalue weighted by atomic mass is 10.2. The Balaban J connectivity index is 1.91. The zero-order valence-electron chi connectivity index (χ0n) is 13.2. The Labute approximate surface area is 137 Å². The summed E-state index contributed by atoms with van der Waals surface area (Å²) in [6, 6.07) is 7.15. The molecule has 5 nitrogen and oxygen atoms in total. The quantitative estimate of drug-likeness (QED) is 0.871.